The van der Waals surface area contributed by atoms with Crippen LogP contribution in [0.15, 0.2) is 28.7 Å². The first-order chi connectivity index (χ1) is 6.83. The van der Waals surface area contributed by atoms with Crippen LogP contribution in [-0.2, 0) is 4.79 Å². The summed E-state index contributed by atoms with van der Waals surface area (Å²) < 4.78 is 6.50. The van der Waals surface area contributed by atoms with Gasteiger partial charge < -0.3 is 9.53 Å². The fraction of sp³-hybridized carbons (Fsp3) is 0.364. The van der Waals surface area contributed by atoms with Crippen molar-refractivity contribution < 1.29 is 9.53 Å². The Morgan fingerprint density at radius 2 is 2.21 bits per heavy atom. The normalized spacial score (nSPS) is 9.79. The van der Waals surface area contributed by atoms with Crippen LogP contribution < -0.4 is 4.74 Å². The predicted octanol–water partition coefficient (Wildman–Crippen LogP) is 3.20. The largest absolute Gasteiger partial charge is 0.494 e. The standard InChI is InChI=1S/C11H13BrO2/c12-10-5-4-6-11(9-10)14-8-3-1-2-7-13/h4-7,9H,1-3,8H2. The van der Waals surface area contributed by atoms with E-state index in [1.165, 1.54) is 0 Å². The second kappa shape index (κ2) is 6.60. The Balaban J connectivity index is 2.21. The van der Waals surface area contributed by atoms with E-state index >= 15 is 0 Å². The lowest BCUT2D eigenvalue weighted by molar-refractivity contribution is -0.107. The second-order valence-electron chi connectivity index (χ2n) is 2.97. The second-order valence-corrected chi connectivity index (χ2v) is 3.88. The van der Waals surface area contributed by atoms with Crippen molar-refractivity contribution in [3.63, 3.8) is 0 Å². The van der Waals surface area contributed by atoms with Crippen LogP contribution in [0.25, 0.3) is 0 Å². The molecule has 0 saturated heterocycles. The number of hydrogen-bond acceptors (Lipinski definition) is 2. The van der Waals surface area contributed by atoms with Gasteiger partial charge in [0.1, 0.15) is 12.0 Å². The number of rotatable bonds is 6. The molecule has 1 aromatic rings. The van der Waals surface area contributed by atoms with Crippen LogP contribution in [0.2, 0.25) is 0 Å². The third-order valence-corrected chi connectivity index (χ3v) is 2.27. The number of ether oxygens (including phenoxy) is 1. The first kappa shape index (κ1) is 11.2. The number of halogens is 1. The maximum Gasteiger partial charge on any atom is 0.120 e. The van der Waals surface area contributed by atoms with E-state index in [0.29, 0.717) is 13.0 Å². The quantitative estimate of drug-likeness (QED) is 0.577. The average Bonchev–Trinajstić information content (AvgIpc) is 2.18. The monoisotopic (exact) mass is 256 g/mol. The van der Waals surface area contributed by atoms with Crippen molar-refractivity contribution in [2.45, 2.75) is 19.3 Å². The van der Waals surface area contributed by atoms with Crippen molar-refractivity contribution in [3.05, 3.63) is 28.7 Å². The summed E-state index contributed by atoms with van der Waals surface area (Å²) in [5, 5.41) is 0. The molecule has 0 aliphatic rings. The third kappa shape index (κ3) is 4.42. The number of hydrogen-bond donors (Lipinski definition) is 0. The highest BCUT2D eigenvalue weighted by atomic mass is 79.9. The Bertz CT molecular complexity index is 286. The molecule has 0 radical (unpaired) electrons. The summed E-state index contributed by atoms with van der Waals surface area (Å²) in [6.07, 6.45) is 3.39. The molecule has 0 amide bonds. The van der Waals surface area contributed by atoms with Crippen molar-refractivity contribution in [1.82, 2.24) is 0 Å². The zero-order chi connectivity index (χ0) is 10.2. The number of unbranched alkanes of at least 4 members (excludes halogenated alkanes) is 2. The molecule has 0 saturated carbocycles. The Morgan fingerprint density at radius 3 is 2.93 bits per heavy atom. The highest BCUT2D eigenvalue weighted by Gasteiger charge is 1.94. The van der Waals surface area contributed by atoms with Gasteiger partial charge in [0.05, 0.1) is 6.61 Å². The van der Waals surface area contributed by atoms with Gasteiger partial charge in [0.25, 0.3) is 0 Å². The zero-order valence-corrected chi connectivity index (χ0v) is 9.50. The molecular weight excluding hydrogens is 244 g/mol. The van der Waals surface area contributed by atoms with Crippen molar-refractivity contribution in [2.75, 3.05) is 6.61 Å². The SMILES string of the molecule is O=CCCCCOc1cccc(Br)c1. The highest BCUT2D eigenvalue weighted by Crippen LogP contribution is 2.17. The molecule has 0 aliphatic heterocycles. The average molecular weight is 257 g/mol. The van der Waals surface area contributed by atoms with Crippen LogP contribution in [0.3, 0.4) is 0 Å². The lowest BCUT2D eigenvalue weighted by Gasteiger charge is -2.05. The van der Waals surface area contributed by atoms with Crippen LogP contribution in [0.1, 0.15) is 19.3 Å². The number of carbonyl (C=O) groups is 1. The highest BCUT2D eigenvalue weighted by molar-refractivity contribution is 9.10. The fourth-order valence-corrected chi connectivity index (χ4v) is 1.45. The molecule has 76 valence electrons. The summed E-state index contributed by atoms with van der Waals surface area (Å²) in [4.78, 5) is 10.0. The summed E-state index contributed by atoms with van der Waals surface area (Å²) in [6.45, 7) is 0.671. The Morgan fingerprint density at radius 1 is 1.36 bits per heavy atom. The summed E-state index contributed by atoms with van der Waals surface area (Å²) in [6, 6.07) is 7.74. The van der Waals surface area contributed by atoms with Crippen LogP contribution in [0, 0.1) is 0 Å². The minimum atomic E-state index is 0.627. The van der Waals surface area contributed by atoms with Gasteiger partial charge in [-0.1, -0.05) is 22.0 Å². The molecule has 14 heavy (non-hydrogen) atoms. The van der Waals surface area contributed by atoms with Gasteiger partial charge in [-0.15, -0.1) is 0 Å². The zero-order valence-electron chi connectivity index (χ0n) is 7.91. The Hall–Kier alpha value is -0.830. The van der Waals surface area contributed by atoms with E-state index in [0.717, 1.165) is 29.4 Å². The van der Waals surface area contributed by atoms with Gasteiger partial charge >= 0.3 is 0 Å². The third-order valence-electron chi connectivity index (χ3n) is 1.78. The van der Waals surface area contributed by atoms with Gasteiger partial charge in [-0.05, 0) is 31.0 Å². The van der Waals surface area contributed by atoms with Gasteiger partial charge in [0, 0.05) is 10.9 Å². The Kier molecular flexibility index (Phi) is 5.30. The van der Waals surface area contributed by atoms with Gasteiger partial charge in [-0.25, -0.2) is 0 Å². The van der Waals surface area contributed by atoms with E-state index in [1.54, 1.807) is 0 Å². The van der Waals surface area contributed by atoms with Crippen LogP contribution in [-0.4, -0.2) is 12.9 Å². The van der Waals surface area contributed by atoms with E-state index in [1.807, 2.05) is 24.3 Å². The van der Waals surface area contributed by atoms with Crippen LogP contribution in [0.4, 0.5) is 0 Å². The molecule has 0 bridgehead atoms. The minimum Gasteiger partial charge on any atom is -0.494 e. The van der Waals surface area contributed by atoms with Crippen LogP contribution >= 0.6 is 15.9 Å². The van der Waals surface area contributed by atoms with Gasteiger partial charge in [0.15, 0.2) is 0 Å². The van der Waals surface area contributed by atoms with Crippen molar-refractivity contribution in [3.8, 4) is 5.75 Å². The van der Waals surface area contributed by atoms with E-state index in [-0.39, 0.29) is 0 Å². The molecule has 2 nitrogen and oxygen atoms in total. The fourth-order valence-electron chi connectivity index (χ4n) is 1.08. The van der Waals surface area contributed by atoms with Crippen LogP contribution in [0.5, 0.6) is 5.75 Å². The van der Waals surface area contributed by atoms with Crippen molar-refractivity contribution in [1.29, 1.82) is 0 Å². The molecule has 1 aromatic carbocycles. The summed E-state index contributed by atoms with van der Waals surface area (Å²) >= 11 is 3.37. The molecule has 0 unspecified atom stereocenters. The number of aldehydes is 1. The molecule has 0 fully saturated rings. The maximum absolute atomic E-state index is 10.0. The Labute approximate surface area is 92.4 Å². The van der Waals surface area contributed by atoms with E-state index < -0.39 is 0 Å². The molecule has 0 aliphatic carbocycles. The predicted molar refractivity (Wildman–Crippen MR) is 59.6 cm³/mol. The maximum atomic E-state index is 10.0. The van der Waals surface area contributed by atoms with Gasteiger partial charge in [0.2, 0.25) is 0 Å². The smallest absolute Gasteiger partial charge is 0.120 e. The number of benzene rings is 1. The first-order valence-electron chi connectivity index (χ1n) is 4.65. The summed E-state index contributed by atoms with van der Waals surface area (Å²) in [7, 11) is 0. The molecular formula is C11H13BrO2. The summed E-state index contributed by atoms with van der Waals surface area (Å²) in [5.74, 6) is 0.866. The van der Waals surface area contributed by atoms with Gasteiger partial charge in [-0.2, -0.15) is 0 Å². The summed E-state index contributed by atoms with van der Waals surface area (Å²) in [5.41, 5.74) is 0. The molecule has 1 rings (SSSR count). The van der Waals surface area contributed by atoms with Crippen molar-refractivity contribution >= 4 is 22.2 Å². The molecule has 0 aromatic heterocycles. The van der Waals surface area contributed by atoms with E-state index in [2.05, 4.69) is 15.9 Å². The molecule has 0 N–H and O–H groups in total. The minimum absolute atomic E-state index is 0.627. The van der Waals surface area contributed by atoms with E-state index in [9.17, 15) is 4.79 Å². The van der Waals surface area contributed by atoms with Crippen molar-refractivity contribution in [2.24, 2.45) is 0 Å². The molecule has 0 heterocycles. The lowest BCUT2D eigenvalue weighted by Crippen LogP contribution is -1.97. The molecule has 0 spiro atoms. The molecule has 3 heteroatoms. The first-order valence-corrected chi connectivity index (χ1v) is 5.44. The van der Waals surface area contributed by atoms with E-state index in [4.69, 9.17) is 4.74 Å². The van der Waals surface area contributed by atoms with Gasteiger partial charge in [-0.3, -0.25) is 0 Å². The topological polar surface area (TPSA) is 26.3 Å². The molecule has 0 atom stereocenters. The lowest BCUT2D eigenvalue weighted by atomic mass is 10.2. The number of carbonyl (C=O) groups excluding carboxylic acids is 1.